The summed E-state index contributed by atoms with van der Waals surface area (Å²) in [6.45, 7) is 21.1. The van der Waals surface area contributed by atoms with Crippen LogP contribution in [0.15, 0.2) is 45.6 Å². The molecule has 7 aliphatic rings. The van der Waals surface area contributed by atoms with Crippen LogP contribution in [0.1, 0.15) is 171 Å². The first-order chi connectivity index (χ1) is 57.6. The van der Waals surface area contributed by atoms with Crippen LogP contribution in [0.3, 0.4) is 0 Å². The number of anilines is 3. The van der Waals surface area contributed by atoms with E-state index in [1.165, 1.54) is 83.0 Å². The first kappa shape index (κ1) is 100. The van der Waals surface area contributed by atoms with Gasteiger partial charge in [0.05, 0.1) is 77.5 Å². The molecule has 3 aliphatic heterocycles. The fourth-order valence-electron chi connectivity index (χ4n) is 16.8. The molecule has 3 heterocycles. The Morgan fingerprint density at radius 1 is 0.540 bits per heavy atom. The molecular weight excluding hydrogens is 1650 g/mol. The number of nitrogens with one attached hydrogen (secondary N) is 8. The van der Waals surface area contributed by atoms with Crippen molar-refractivity contribution in [1.82, 2.24) is 56.5 Å². The summed E-state index contributed by atoms with van der Waals surface area (Å²) in [5.74, 6) is -16.8. The smallest absolute Gasteiger partial charge is 0.329 e. The minimum absolute atomic E-state index is 0. The van der Waals surface area contributed by atoms with E-state index in [0.29, 0.717) is 94.7 Å². The second kappa shape index (κ2) is 43.1. The van der Waals surface area contributed by atoms with E-state index >= 15 is 9.59 Å². The fourth-order valence-corrected chi connectivity index (χ4v) is 16.8. The van der Waals surface area contributed by atoms with Crippen molar-refractivity contribution in [2.75, 3.05) is 110 Å². The molecule has 36 nitrogen and oxygen atoms in total. The van der Waals surface area contributed by atoms with Gasteiger partial charge in [0.2, 0.25) is 52.4 Å². The second-order valence-corrected chi connectivity index (χ2v) is 33.5. The number of carbonyl (C=O) groups is 14. The second-order valence-electron chi connectivity index (χ2n) is 33.5. The molecule has 12 atom stereocenters. The van der Waals surface area contributed by atoms with E-state index in [4.69, 9.17) is 34.8 Å². The molecule has 38 heteroatoms. The Morgan fingerprint density at radius 3 is 1.34 bits per heavy atom. The zero-order chi connectivity index (χ0) is 90.1. The average molecular weight is 1770 g/mol. The van der Waals surface area contributed by atoms with Crippen LogP contribution in [0.4, 0.5) is 17.1 Å². The highest BCUT2D eigenvalue weighted by Crippen LogP contribution is 2.44. The minimum Gasteiger partial charge on any atom is -0.507 e. The summed E-state index contributed by atoms with van der Waals surface area (Å²) in [6, 6.07) is 0.0267. The third-order valence-corrected chi connectivity index (χ3v) is 23.4. The van der Waals surface area contributed by atoms with Gasteiger partial charge in [-0.2, -0.15) is 0 Å². The highest BCUT2D eigenvalue weighted by atomic mass is 35.5. The van der Waals surface area contributed by atoms with Crippen molar-refractivity contribution in [2.24, 2.45) is 47.3 Å². The Bertz CT molecular complexity index is 4840. The first-order valence-corrected chi connectivity index (χ1v) is 41.4. The van der Waals surface area contributed by atoms with Crippen molar-refractivity contribution in [1.29, 1.82) is 0 Å². The molecule has 0 bridgehead atoms. The van der Waals surface area contributed by atoms with Crippen LogP contribution in [0.25, 0.3) is 22.6 Å². The number of cyclic esters (lactones) is 2. The number of ether oxygens (including phenoxy) is 2. The van der Waals surface area contributed by atoms with E-state index in [2.05, 4.69) is 42.5 Å². The number of carbonyl (C=O) groups excluding carboxylic acids is 14. The summed E-state index contributed by atoms with van der Waals surface area (Å²) in [5.41, 5.74) is 4.35. The number of aryl methyl sites for hydroxylation is 1. The number of fused-ring (bicyclic) bond motifs is 6. The number of esters is 2. The lowest BCUT2D eigenvalue weighted by Crippen LogP contribution is -2.59. The van der Waals surface area contributed by atoms with E-state index in [-0.39, 0.29) is 105 Å². The van der Waals surface area contributed by atoms with Gasteiger partial charge in [0.15, 0.2) is 22.9 Å². The number of benzene rings is 4. The van der Waals surface area contributed by atoms with Crippen molar-refractivity contribution in [2.45, 2.75) is 170 Å². The SMILES string of the molecule is Cc1c2oc3c(C)ccc(C(=O)NC4C(=O)NC(C(C)C)C(=O)C5CCCC5C(=O)N(C)CC(=O)N(C)C(C(C)C)C(=O)OC4C)c3nc-2c(C(=O)NC2C(=O)NC(C(C)C)C(=O)C3CCCC3C(=O)N(C)CC(=O)N(C)C(C(C)C)C(=O)OC2C)c(N)c1=O.Cl.Cl.O=C1c2c(O)ccc(O)c2C(=O)c2c(NCCNCCO)ccc(NCCNCCO)c21. The van der Waals surface area contributed by atoms with Gasteiger partial charge in [-0.25, -0.2) is 14.6 Å². The lowest BCUT2D eigenvalue weighted by molar-refractivity contribution is -0.163. The molecule has 8 amide bonds. The van der Waals surface area contributed by atoms with Gasteiger partial charge in [-0.3, -0.25) is 62.3 Å². The summed E-state index contributed by atoms with van der Waals surface area (Å²) in [7, 11) is 5.66. The molecular formula is C86H118Cl2N14O22. The van der Waals surface area contributed by atoms with Crippen molar-refractivity contribution < 1.29 is 101 Å². The minimum atomic E-state index is -1.86. The Kier molecular flexibility index (Phi) is 34.8. The van der Waals surface area contributed by atoms with Gasteiger partial charge < -0.3 is 102 Å². The molecule has 10 rings (SSSR count). The van der Waals surface area contributed by atoms with Crippen molar-refractivity contribution in [3.8, 4) is 23.0 Å². The molecule has 4 fully saturated rings. The van der Waals surface area contributed by atoms with Crippen LogP contribution in [-0.2, 0) is 57.4 Å². The number of phenolic OH excluding ortho intramolecular Hbond substituents is 2. The van der Waals surface area contributed by atoms with Gasteiger partial charge in [0.1, 0.15) is 59.1 Å². The van der Waals surface area contributed by atoms with E-state index in [9.17, 15) is 72.5 Å². The number of Topliss-reactive ketones (excluding diaryl/α,β-unsaturated/α-hetero) is 2. The number of hydrogen-bond acceptors (Lipinski definition) is 28. The molecule has 124 heavy (non-hydrogen) atoms. The molecule has 4 aliphatic carbocycles. The number of rotatable bonds is 20. The molecule has 2 saturated heterocycles. The Morgan fingerprint density at radius 2 is 0.944 bits per heavy atom. The van der Waals surface area contributed by atoms with Crippen molar-refractivity contribution in [3.63, 3.8) is 0 Å². The number of nitrogens with two attached hydrogens (primary N) is 1. The molecule has 14 N–H and O–H groups in total. The fraction of sp³-hybridized carbons (Fsp3) is 0.558. The highest BCUT2D eigenvalue weighted by Gasteiger charge is 2.49. The summed E-state index contributed by atoms with van der Waals surface area (Å²) < 4.78 is 18.3. The number of nitrogens with zero attached hydrogens (tertiary/aromatic N) is 5. The molecule has 678 valence electrons. The maximum Gasteiger partial charge on any atom is 0.329 e. The van der Waals surface area contributed by atoms with E-state index < -0.39 is 208 Å². The maximum absolute atomic E-state index is 15.2. The Balaban J connectivity index is 0.000000519. The van der Waals surface area contributed by atoms with E-state index in [0.717, 1.165) is 9.80 Å². The van der Waals surface area contributed by atoms with Gasteiger partial charge >= 0.3 is 11.9 Å². The quantitative estimate of drug-likeness (QED) is 0.0171. The number of aliphatic hydroxyl groups is 2. The number of halogens is 2. The lowest BCUT2D eigenvalue weighted by Gasteiger charge is -2.35. The molecule has 3 aromatic rings. The largest absolute Gasteiger partial charge is 0.507 e. The van der Waals surface area contributed by atoms with Crippen LogP contribution in [0, 0.1) is 61.2 Å². The molecule has 2 saturated carbocycles. The summed E-state index contributed by atoms with van der Waals surface area (Å²) >= 11 is 0. The zero-order valence-electron chi connectivity index (χ0n) is 72.8. The predicted molar refractivity (Wildman–Crippen MR) is 462 cm³/mol. The van der Waals surface area contributed by atoms with Crippen molar-refractivity contribution in [3.05, 3.63) is 91.1 Å². The number of ketones is 4. The van der Waals surface area contributed by atoms with E-state index in [1.54, 1.807) is 74.4 Å². The van der Waals surface area contributed by atoms with Crippen LogP contribution in [0.5, 0.6) is 11.5 Å². The third kappa shape index (κ3) is 21.5. The number of likely N-dealkylation sites (N-methyl/N-ethyl adjacent to an activating group) is 4. The zero-order valence-corrected chi connectivity index (χ0v) is 74.4. The number of nitrogen functional groups attached to an aromatic ring is 1. The number of phenols is 2. The van der Waals surface area contributed by atoms with Gasteiger partial charge in [-0.1, -0.05) is 74.3 Å². The number of aromatic hydroxyl groups is 2. The summed E-state index contributed by atoms with van der Waals surface area (Å²) in [4.78, 5) is 224. The molecule has 12 unspecified atom stereocenters. The number of aromatic nitrogens is 1. The molecule has 0 radical (unpaired) electrons. The van der Waals surface area contributed by atoms with E-state index in [1.807, 2.05) is 0 Å². The molecule has 0 aromatic heterocycles. The summed E-state index contributed by atoms with van der Waals surface area (Å²) in [6.07, 6.45) is -0.654. The number of aliphatic hydroxyl groups excluding tert-OH is 2. The maximum atomic E-state index is 15.2. The van der Waals surface area contributed by atoms with Crippen LogP contribution >= 0.6 is 24.8 Å². The molecule has 3 aromatic carbocycles. The topological polar surface area (TPSA) is 517 Å². The van der Waals surface area contributed by atoms with Crippen molar-refractivity contribution >= 4 is 135 Å². The molecule has 0 spiro atoms. The van der Waals surface area contributed by atoms with Gasteiger partial charge in [-0.15, -0.1) is 24.8 Å². The van der Waals surface area contributed by atoms with Gasteiger partial charge in [0.25, 0.3) is 11.8 Å². The number of amides is 8. The monoisotopic (exact) mass is 1770 g/mol. The van der Waals surface area contributed by atoms with Gasteiger partial charge in [-0.05, 0) is 113 Å². The van der Waals surface area contributed by atoms with Crippen LogP contribution in [0.2, 0.25) is 0 Å². The predicted octanol–water partition coefficient (Wildman–Crippen LogP) is 3.42. The van der Waals surface area contributed by atoms with Gasteiger partial charge in [0, 0.05) is 108 Å². The average Bonchev–Trinajstić information content (AvgIpc) is 0.907. The third-order valence-electron chi connectivity index (χ3n) is 23.4. The van der Waals surface area contributed by atoms with Crippen LogP contribution < -0.4 is 53.7 Å². The number of hydrogen-bond donors (Lipinski definition) is 13. The highest BCUT2D eigenvalue weighted by molar-refractivity contribution is 6.33. The standard InChI is InChI=1S/C64H88N10O16.C22H28N4O6.2ClH/c1-27(2)44-53(78)35-19-17-21-37(35)61(84)71(13)25-40(75)73(15)50(29(5)6)63(86)88-33(11)46(59(82)67-44)69-57(80)39-24-23-31(9)55-48(39)66-49-42(43(65)52(77)32(10)56(49)90-55)58(81)70-47-34(12)89-64(87)51(30(7)8)74(16)41(76)26-72(14)62(85)38-22-18-20-36(38)54(79)45(28(3)4)68-60(47)83;27-11-9-23-5-7-25-13-1-2-14(26-8-6-24-10-12-28)18-17(13)21(31)19-15(29)3-4-16(30)20(19)22(18)32;;/h23-24,27-30,33-38,44-47,50-51H,17-22,25-26,65H2,1-16H3,(H,67,82)(H,68,83)(H,69,80)(H,70,81);1-4,23-30H,5-12H2;2*1H. The first-order valence-electron chi connectivity index (χ1n) is 41.4. The Labute approximate surface area is 731 Å². The van der Waals surface area contributed by atoms with Crippen LogP contribution in [-0.4, -0.2) is 270 Å². The lowest BCUT2D eigenvalue weighted by atomic mass is 9.81. The Hall–Kier alpha value is -10.9. The summed E-state index contributed by atoms with van der Waals surface area (Å²) in [5, 5.41) is 61.4. The normalized spacial score (nSPS) is 23.4.